The third kappa shape index (κ3) is 9.25. The standard InChI is InChI=1S/C75H64N4OSi/c1-52-45-66(54-23-12-8-13-24-54)73(71(46-52)81(61-27-14-9-15-28-61,62-29-16-10-17-30-62)63-31-18-11-19-32-63)78-51-77(70-47-55(37-42-68(70)78)53-35-38-56(39-36-53)74(2,3)4)58-25-22-26-59(49-58)80-60-40-41-65-64-33-20-21-34-67(64)79(69(65)50-60)72-48-57(43-44-76-72)75(5,6)7/h8-50H,1-7H3/i1D3,8D,9D,10D,11D,12D,13D,14D,15D,16D,17D,18D,19D,23D,24D,27D,28D,29D,30D,31D,32D. The maximum atomic E-state index is 10.1. The molecule has 0 bridgehead atoms. The Hall–Kier alpha value is -9.36. The van der Waals surface area contributed by atoms with Gasteiger partial charge in [-0.25, -0.2) is 4.98 Å². The van der Waals surface area contributed by atoms with Crippen molar-refractivity contribution < 1.29 is 40.8 Å². The molecule has 3 aromatic heterocycles. The lowest BCUT2D eigenvalue weighted by Crippen LogP contribution is -2.76. The summed E-state index contributed by atoms with van der Waals surface area (Å²) < 4.78 is 230. The van der Waals surface area contributed by atoms with Crippen LogP contribution in [-0.4, -0.2) is 22.2 Å². The maximum absolute atomic E-state index is 10.1. The predicted octanol–water partition coefficient (Wildman–Crippen LogP) is 15.6. The van der Waals surface area contributed by atoms with E-state index in [0.29, 0.717) is 28.4 Å². The molecule has 0 fully saturated rings. The van der Waals surface area contributed by atoms with Crippen LogP contribution in [0.4, 0.5) is 0 Å². The molecular formula is C75H64N4OSi. The van der Waals surface area contributed by atoms with E-state index in [9.17, 15) is 26.0 Å². The van der Waals surface area contributed by atoms with Crippen LogP contribution < -0.4 is 30.1 Å². The first kappa shape index (κ1) is 31.4. The number of aryl methyl sites for hydroxylation is 1. The smallest absolute Gasteiger partial charge is 0.269 e. The monoisotopic (exact) mass is 1090 g/mol. The summed E-state index contributed by atoms with van der Waals surface area (Å²) in [5, 5.41) is -1.80. The Balaban J connectivity index is 1.22. The van der Waals surface area contributed by atoms with Crippen molar-refractivity contribution in [1.29, 1.82) is 0 Å². The van der Waals surface area contributed by atoms with Gasteiger partial charge in [-0.3, -0.25) is 13.7 Å². The molecule has 0 saturated carbocycles. The number of hydrogen-bond donors (Lipinski definition) is 0. The van der Waals surface area contributed by atoms with Gasteiger partial charge in [0.2, 0.25) is 0 Å². The molecule has 0 amide bonds. The van der Waals surface area contributed by atoms with Gasteiger partial charge in [-0.05, 0) is 126 Å². The van der Waals surface area contributed by atoms with Crippen LogP contribution in [0.25, 0.3) is 72.3 Å². The fourth-order valence-electron chi connectivity index (χ4n) is 10.7. The third-order valence-corrected chi connectivity index (χ3v) is 18.9. The summed E-state index contributed by atoms with van der Waals surface area (Å²) in [7, 11) is -6.44. The Kier molecular flexibility index (Phi) is 7.91. The summed E-state index contributed by atoms with van der Waals surface area (Å²) in [4.78, 5) is 4.85. The van der Waals surface area contributed by atoms with E-state index in [1.54, 1.807) is 53.2 Å². The largest absolute Gasteiger partial charge is 0.458 e. The molecule has 0 saturated heterocycles. The quantitative estimate of drug-likeness (QED) is 0.0560. The van der Waals surface area contributed by atoms with Gasteiger partial charge in [0, 0.05) is 27.1 Å². The molecule has 0 radical (unpaired) electrons. The highest BCUT2D eigenvalue weighted by molar-refractivity contribution is 7.20. The fourth-order valence-corrected chi connectivity index (χ4v) is 14.8. The number of fused-ring (bicyclic) bond motifs is 4. The van der Waals surface area contributed by atoms with Crippen LogP contribution >= 0.6 is 0 Å². The van der Waals surface area contributed by atoms with E-state index in [1.807, 2.05) is 72.8 Å². The topological polar surface area (TPSA) is 35.9 Å². The molecule has 0 aliphatic carbocycles. The van der Waals surface area contributed by atoms with Gasteiger partial charge in [0.25, 0.3) is 6.33 Å². The zero-order valence-corrected chi connectivity index (χ0v) is 46.0. The van der Waals surface area contributed by atoms with Crippen LogP contribution in [0.5, 0.6) is 11.5 Å². The Labute approximate surface area is 509 Å². The summed E-state index contributed by atoms with van der Waals surface area (Å²) in [5.74, 6) is 1.35. The predicted molar refractivity (Wildman–Crippen MR) is 339 cm³/mol. The van der Waals surface area contributed by atoms with E-state index < -0.39 is 179 Å². The van der Waals surface area contributed by atoms with Gasteiger partial charge in [0.05, 0.1) is 60.9 Å². The lowest BCUT2D eigenvalue weighted by molar-refractivity contribution is -0.570. The highest BCUT2D eigenvalue weighted by atomic mass is 28.3. The number of pyridine rings is 1. The molecule has 0 unspecified atom stereocenters. The van der Waals surface area contributed by atoms with Crippen molar-refractivity contribution in [2.24, 2.45) is 0 Å². The number of benzene rings is 10. The van der Waals surface area contributed by atoms with Gasteiger partial charge < -0.3 is 4.74 Å². The van der Waals surface area contributed by atoms with Crippen molar-refractivity contribution in [2.75, 3.05) is 0 Å². The molecule has 6 heteroatoms. The number of nitrogens with zero attached hydrogens (tertiary/aromatic N) is 4. The molecule has 0 aliphatic heterocycles. The van der Waals surface area contributed by atoms with Crippen molar-refractivity contribution in [3.8, 4) is 50.9 Å². The highest BCUT2D eigenvalue weighted by Crippen LogP contribution is 2.38. The first-order chi connectivity index (χ1) is 48.8. The molecule has 0 atom stereocenters. The molecular weight excluding hydrogens is 1000 g/mol. The average Bonchev–Trinajstić information content (AvgIpc) is 0.682. The third-order valence-electron chi connectivity index (χ3n) is 14.7. The number of para-hydroxylation sites is 1. The lowest BCUT2D eigenvalue weighted by atomic mass is 9.86. The molecule has 3 heterocycles. The number of imidazole rings is 1. The van der Waals surface area contributed by atoms with E-state index in [4.69, 9.17) is 15.2 Å². The molecule has 13 aromatic rings. The van der Waals surface area contributed by atoms with Gasteiger partial charge >= 0.3 is 0 Å². The van der Waals surface area contributed by atoms with Crippen LogP contribution in [0, 0.1) is 13.2 Å². The summed E-state index contributed by atoms with van der Waals surface area (Å²) in [6.45, 7) is 9.19. The van der Waals surface area contributed by atoms with Gasteiger partial charge in [0.1, 0.15) is 17.3 Å². The minimum atomic E-state index is -6.44. The van der Waals surface area contributed by atoms with Crippen molar-refractivity contribution in [3.05, 3.63) is 284 Å². The van der Waals surface area contributed by atoms with Gasteiger partial charge in [-0.2, -0.15) is 0 Å². The van der Waals surface area contributed by atoms with Gasteiger partial charge in [0.15, 0.2) is 8.07 Å². The van der Waals surface area contributed by atoms with Crippen LogP contribution in [0.1, 0.15) is 89.8 Å². The summed E-state index contributed by atoms with van der Waals surface area (Å²) >= 11 is 0. The first-order valence-corrected chi connectivity index (χ1v) is 28.2. The fraction of sp³-hybridized carbons (Fsp3) is 0.120. The van der Waals surface area contributed by atoms with E-state index in [2.05, 4.69) is 58.5 Å². The molecule has 0 spiro atoms. The van der Waals surface area contributed by atoms with E-state index in [-0.39, 0.29) is 27.6 Å². The normalized spacial score (nSPS) is 16.3. The summed E-state index contributed by atoms with van der Waals surface area (Å²) in [5.41, 5.74) is 2.54. The average molecular weight is 1090 g/mol. The first-order valence-electron chi connectivity index (χ1n) is 37.7. The van der Waals surface area contributed by atoms with Crippen molar-refractivity contribution in [1.82, 2.24) is 14.1 Å². The second-order valence-corrected chi connectivity index (χ2v) is 25.3. The Morgan fingerprint density at radius 1 is 0.519 bits per heavy atom. The van der Waals surface area contributed by atoms with Crippen LogP contribution in [0.15, 0.2) is 261 Å². The van der Waals surface area contributed by atoms with Crippen LogP contribution in [0.3, 0.4) is 0 Å². The van der Waals surface area contributed by atoms with Crippen molar-refractivity contribution >= 4 is 61.7 Å². The molecule has 13 rings (SSSR count). The second kappa shape index (κ2) is 20.4. The minimum absolute atomic E-state index is 0.0661. The zero-order valence-electron chi connectivity index (χ0n) is 68.0. The molecule has 81 heavy (non-hydrogen) atoms. The number of ether oxygens (including phenoxy) is 1. The summed E-state index contributed by atoms with van der Waals surface area (Å²) in [6.07, 6.45) is 5.18. The molecule has 0 aliphatic rings. The van der Waals surface area contributed by atoms with Gasteiger partial charge in [-0.15, -0.1) is 0 Å². The zero-order chi connectivity index (χ0) is 75.4. The molecule has 5 nitrogen and oxygen atoms in total. The summed E-state index contributed by atoms with van der Waals surface area (Å²) in [6, 6.07) is 18.0. The van der Waals surface area contributed by atoms with E-state index in [1.165, 1.54) is 4.57 Å². The van der Waals surface area contributed by atoms with Crippen LogP contribution in [-0.2, 0) is 10.8 Å². The Morgan fingerprint density at radius 2 is 1.14 bits per heavy atom. The molecule has 394 valence electrons. The Bertz CT molecular complexity index is 5530. The van der Waals surface area contributed by atoms with Crippen molar-refractivity contribution in [3.63, 3.8) is 0 Å². The highest BCUT2D eigenvalue weighted by Gasteiger charge is 2.44. The number of hydrogen-bond acceptors (Lipinski definition) is 2. The minimum Gasteiger partial charge on any atom is -0.458 e. The Morgan fingerprint density at radius 3 is 1.79 bits per heavy atom. The second-order valence-electron chi connectivity index (χ2n) is 21.8. The molecule has 10 aromatic carbocycles. The number of rotatable bonds is 11. The van der Waals surface area contributed by atoms with Crippen molar-refractivity contribution in [2.45, 2.75) is 59.2 Å². The molecule has 0 N–H and O–H groups in total. The number of aromatic nitrogens is 4. The van der Waals surface area contributed by atoms with E-state index >= 15 is 0 Å². The van der Waals surface area contributed by atoms with Crippen LogP contribution in [0.2, 0.25) is 0 Å². The SMILES string of the molecule is [2H]c1c([2H])c([2H])c(-c2cc(C([2H])([2H])[2H])cc([Si](c3c([2H])c([2H])c([2H])c([2H])c3[2H])(c3c([2H])c([2H])c([2H])c([2H])c3[2H])c3c([2H])c([2H])c([2H])c([2H])c3[2H])c2-[n+]2[c-]n(-c3cccc(Oc4ccc5c6ccccc6n(-c6cc(C(C)(C)C)ccn6)c5c4)c3)c3cc(-c4ccc(C(C)(C)C)cc4)ccc32)c([2H])c1[2H]. The maximum Gasteiger partial charge on any atom is 0.269 e. The van der Waals surface area contributed by atoms with Gasteiger partial charge in [-0.1, -0.05) is 241 Å². The lowest BCUT2D eigenvalue weighted by Gasteiger charge is -2.37. The van der Waals surface area contributed by atoms with E-state index in [0.717, 1.165) is 45.1 Å².